The van der Waals surface area contributed by atoms with Crippen molar-refractivity contribution < 1.29 is 4.79 Å². The molecule has 0 spiro atoms. The Labute approximate surface area is 143 Å². The van der Waals surface area contributed by atoms with Crippen LogP contribution in [-0.4, -0.2) is 26.1 Å². The van der Waals surface area contributed by atoms with Crippen molar-refractivity contribution in [1.82, 2.24) is 25.5 Å². The Kier molecular flexibility index (Phi) is 4.08. The van der Waals surface area contributed by atoms with Gasteiger partial charge < -0.3 is 5.32 Å². The maximum Gasteiger partial charge on any atom is 0.254 e. The summed E-state index contributed by atoms with van der Waals surface area (Å²) in [6, 6.07) is 9.93. The molecule has 24 heavy (non-hydrogen) atoms. The molecule has 0 saturated heterocycles. The van der Waals surface area contributed by atoms with E-state index in [-0.39, 0.29) is 5.91 Å². The van der Waals surface area contributed by atoms with E-state index in [9.17, 15) is 4.79 Å². The van der Waals surface area contributed by atoms with E-state index in [1.165, 1.54) is 16.9 Å². The maximum absolute atomic E-state index is 12.9. The van der Waals surface area contributed by atoms with Gasteiger partial charge >= 0.3 is 0 Å². The predicted octanol–water partition coefficient (Wildman–Crippen LogP) is 2.53. The topological polar surface area (TPSA) is 72.7 Å². The number of nitrogens with zero attached hydrogens (tertiary/aromatic N) is 4. The maximum atomic E-state index is 12.9. The van der Waals surface area contributed by atoms with Gasteiger partial charge in [-0.25, -0.2) is 0 Å². The smallest absolute Gasteiger partial charge is 0.254 e. The molecule has 3 aromatic rings. The number of amides is 1. The number of hydrogen-bond acceptors (Lipinski definition) is 5. The van der Waals surface area contributed by atoms with Crippen LogP contribution in [-0.2, 0) is 19.4 Å². The van der Waals surface area contributed by atoms with Crippen LogP contribution in [0.5, 0.6) is 0 Å². The minimum absolute atomic E-state index is 0.0521. The molecular formula is C17H17N5OS. The highest BCUT2D eigenvalue weighted by Crippen LogP contribution is 2.36. The predicted molar refractivity (Wildman–Crippen MR) is 91.3 cm³/mol. The number of benzene rings is 1. The second-order valence-electron chi connectivity index (χ2n) is 5.81. The normalized spacial score (nSPS) is 13.5. The average Bonchev–Trinajstić information content (AvgIpc) is 3.27. The van der Waals surface area contributed by atoms with Gasteiger partial charge in [0.2, 0.25) is 0 Å². The van der Waals surface area contributed by atoms with Gasteiger partial charge in [0.05, 0.1) is 5.56 Å². The van der Waals surface area contributed by atoms with Gasteiger partial charge in [0.1, 0.15) is 11.3 Å². The first-order valence-electron chi connectivity index (χ1n) is 8.03. The molecule has 0 bridgehead atoms. The molecule has 4 rings (SSSR count). The van der Waals surface area contributed by atoms with Crippen LogP contribution >= 0.6 is 11.3 Å². The first-order valence-corrected chi connectivity index (χ1v) is 8.84. The van der Waals surface area contributed by atoms with E-state index in [4.69, 9.17) is 0 Å². The van der Waals surface area contributed by atoms with E-state index in [0.717, 1.165) is 35.4 Å². The van der Waals surface area contributed by atoms with Crippen LogP contribution in [0, 0.1) is 0 Å². The summed E-state index contributed by atoms with van der Waals surface area (Å²) in [6.45, 7) is 0.513. The van der Waals surface area contributed by atoms with Crippen LogP contribution < -0.4 is 5.32 Å². The summed E-state index contributed by atoms with van der Waals surface area (Å²) in [7, 11) is 0. The van der Waals surface area contributed by atoms with Crippen molar-refractivity contribution >= 4 is 17.2 Å². The average molecular weight is 339 g/mol. The first kappa shape index (κ1) is 15.0. The molecule has 1 N–H and O–H groups in total. The van der Waals surface area contributed by atoms with Gasteiger partial charge in [-0.05, 0) is 47.2 Å². The van der Waals surface area contributed by atoms with Crippen LogP contribution in [0.15, 0.2) is 36.7 Å². The van der Waals surface area contributed by atoms with E-state index >= 15 is 0 Å². The SMILES string of the molecule is O=C(NCc1ccccc1)c1c(-n2cnnn2)sc2c1CCCC2. The number of fused-ring (bicyclic) bond motifs is 1. The number of carbonyl (C=O) groups is 1. The van der Waals surface area contributed by atoms with Crippen molar-refractivity contribution in [3.05, 3.63) is 58.2 Å². The van der Waals surface area contributed by atoms with Crippen molar-refractivity contribution in [2.45, 2.75) is 32.2 Å². The largest absolute Gasteiger partial charge is 0.348 e. The monoisotopic (exact) mass is 339 g/mol. The highest BCUT2D eigenvalue weighted by Gasteiger charge is 2.26. The molecule has 7 heteroatoms. The van der Waals surface area contributed by atoms with Gasteiger partial charge in [0, 0.05) is 11.4 Å². The van der Waals surface area contributed by atoms with Gasteiger partial charge in [-0.3, -0.25) is 4.79 Å². The standard InChI is InChI=1S/C17H17N5OS/c23-16(18-10-12-6-2-1-3-7-12)15-13-8-4-5-9-14(13)24-17(15)22-11-19-20-21-22/h1-3,6-7,11H,4-5,8-10H2,(H,18,23). The molecule has 1 aliphatic carbocycles. The number of nitrogens with one attached hydrogen (secondary N) is 1. The number of thiophene rings is 1. The van der Waals surface area contributed by atoms with E-state index in [1.807, 2.05) is 30.3 Å². The fourth-order valence-electron chi connectivity index (χ4n) is 3.07. The minimum Gasteiger partial charge on any atom is -0.348 e. The number of aryl methyl sites for hydroxylation is 1. The number of aromatic nitrogens is 4. The van der Waals surface area contributed by atoms with E-state index in [1.54, 1.807) is 22.3 Å². The molecule has 0 saturated carbocycles. The molecule has 122 valence electrons. The Morgan fingerprint density at radius 2 is 2.04 bits per heavy atom. The highest BCUT2D eigenvalue weighted by molar-refractivity contribution is 7.15. The lowest BCUT2D eigenvalue weighted by Gasteiger charge is -2.13. The molecule has 0 aliphatic heterocycles. The summed E-state index contributed by atoms with van der Waals surface area (Å²) >= 11 is 1.63. The fourth-order valence-corrected chi connectivity index (χ4v) is 4.37. The third-order valence-corrected chi connectivity index (χ3v) is 5.51. The van der Waals surface area contributed by atoms with E-state index < -0.39 is 0 Å². The molecule has 0 radical (unpaired) electrons. The van der Waals surface area contributed by atoms with Crippen molar-refractivity contribution in [2.75, 3.05) is 0 Å². The highest BCUT2D eigenvalue weighted by atomic mass is 32.1. The molecule has 0 atom stereocenters. The second-order valence-corrected chi connectivity index (χ2v) is 6.90. The van der Waals surface area contributed by atoms with Gasteiger partial charge in [-0.2, -0.15) is 4.68 Å². The van der Waals surface area contributed by atoms with Crippen molar-refractivity contribution in [2.24, 2.45) is 0 Å². The van der Waals surface area contributed by atoms with E-state index in [2.05, 4.69) is 20.8 Å². The van der Waals surface area contributed by atoms with Gasteiger partial charge in [0.25, 0.3) is 5.91 Å². The Morgan fingerprint density at radius 1 is 1.21 bits per heavy atom. The molecule has 0 unspecified atom stereocenters. The Balaban J connectivity index is 1.65. The molecule has 2 heterocycles. The number of rotatable bonds is 4. The molecule has 1 aliphatic rings. The molecule has 6 nitrogen and oxygen atoms in total. The third kappa shape index (κ3) is 2.82. The van der Waals surface area contributed by atoms with Crippen LogP contribution in [0.4, 0.5) is 0 Å². The lowest BCUT2D eigenvalue weighted by atomic mass is 9.95. The zero-order valence-electron chi connectivity index (χ0n) is 13.1. The lowest BCUT2D eigenvalue weighted by molar-refractivity contribution is 0.0950. The molecule has 1 amide bonds. The Hall–Kier alpha value is -2.54. The quantitative estimate of drug-likeness (QED) is 0.793. The zero-order chi connectivity index (χ0) is 16.4. The summed E-state index contributed by atoms with van der Waals surface area (Å²) in [4.78, 5) is 14.2. The summed E-state index contributed by atoms with van der Waals surface area (Å²) in [5.74, 6) is -0.0521. The summed E-state index contributed by atoms with van der Waals surface area (Å²) in [6.07, 6.45) is 5.82. The summed E-state index contributed by atoms with van der Waals surface area (Å²) in [5, 5.41) is 15.2. The van der Waals surface area contributed by atoms with E-state index in [0.29, 0.717) is 6.54 Å². The molecule has 0 fully saturated rings. The van der Waals surface area contributed by atoms with Gasteiger partial charge in [-0.1, -0.05) is 30.3 Å². The van der Waals surface area contributed by atoms with Crippen LogP contribution in [0.2, 0.25) is 0 Å². The number of carbonyl (C=O) groups excluding carboxylic acids is 1. The number of hydrogen-bond donors (Lipinski definition) is 1. The van der Waals surface area contributed by atoms with Crippen molar-refractivity contribution in [1.29, 1.82) is 0 Å². The minimum atomic E-state index is -0.0521. The lowest BCUT2D eigenvalue weighted by Crippen LogP contribution is -2.25. The first-order chi connectivity index (χ1) is 11.8. The number of tetrazole rings is 1. The molecule has 1 aromatic carbocycles. The summed E-state index contributed by atoms with van der Waals surface area (Å²) < 4.78 is 1.60. The second kappa shape index (κ2) is 6.52. The fraction of sp³-hybridized carbons (Fsp3) is 0.294. The Bertz CT molecular complexity index is 842. The van der Waals surface area contributed by atoms with Gasteiger partial charge in [-0.15, -0.1) is 16.4 Å². The molecular weight excluding hydrogens is 322 g/mol. The third-order valence-electron chi connectivity index (χ3n) is 4.23. The Morgan fingerprint density at radius 3 is 2.83 bits per heavy atom. The van der Waals surface area contributed by atoms with Crippen LogP contribution in [0.25, 0.3) is 5.00 Å². The van der Waals surface area contributed by atoms with Crippen LogP contribution in [0.1, 0.15) is 39.2 Å². The van der Waals surface area contributed by atoms with Crippen LogP contribution in [0.3, 0.4) is 0 Å². The molecule has 2 aromatic heterocycles. The van der Waals surface area contributed by atoms with Crippen molar-refractivity contribution in [3.63, 3.8) is 0 Å². The van der Waals surface area contributed by atoms with Gasteiger partial charge in [0.15, 0.2) is 0 Å². The van der Waals surface area contributed by atoms with Crippen molar-refractivity contribution in [3.8, 4) is 5.00 Å². The summed E-state index contributed by atoms with van der Waals surface area (Å²) in [5.41, 5.74) is 2.99. The zero-order valence-corrected chi connectivity index (χ0v) is 13.9.